The lowest BCUT2D eigenvalue weighted by Gasteiger charge is -2.19. The summed E-state index contributed by atoms with van der Waals surface area (Å²) in [4.78, 5) is 2.47. The van der Waals surface area contributed by atoms with Gasteiger partial charge >= 0.3 is 0 Å². The predicted octanol–water partition coefficient (Wildman–Crippen LogP) is 2.93. The van der Waals surface area contributed by atoms with Crippen molar-refractivity contribution in [3.05, 3.63) is 59.7 Å². The van der Waals surface area contributed by atoms with E-state index in [2.05, 4.69) is 34.5 Å². The quantitative estimate of drug-likeness (QED) is 0.800. The molecule has 3 rings (SSSR count). The fourth-order valence-corrected chi connectivity index (χ4v) is 2.92. The highest BCUT2D eigenvalue weighted by atomic mass is 16.3. The summed E-state index contributed by atoms with van der Waals surface area (Å²) >= 11 is 0. The number of anilines is 1. The summed E-state index contributed by atoms with van der Waals surface area (Å²) in [5.41, 5.74) is 3.84. The van der Waals surface area contributed by atoms with Crippen LogP contribution >= 0.6 is 0 Å². The molecule has 1 aliphatic rings. The van der Waals surface area contributed by atoms with Crippen molar-refractivity contribution < 1.29 is 5.11 Å². The fourth-order valence-electron chi connectivity index (χ4n) is 2.92. The first kappa shape index (κ1) is 14.0. The lowest BCUT2D eigenvalue weighted by Crippen LogP contribution is -2.25. The molecule has 1 aliphatic heterocycles. The molecule has 3 heteroatoms. The number of fused-ring (bicyclic) bond motifs is 1. The minimum absolute atomic E-state index is 0.374. The van der Waals surface area contributed by atoms with Crippen LogP contribution in [0.1, 0.15) is 17.5 Å². The van der Waals surface area contributed by atoms with Crippen LogP contribution in [0.3, 0.4) is 0 Å². The van der Waals surface area contributed by atoms with E-state index in [1.165, 1.54) is 17.7 Å². The van der Waals surface area contributed by atoms with Crippen molar-refractivity contribution in [1.82, 2.24) is 5.32 Å². The summed E-state index contributed by atoms with van der Waals surface area (Å²) in [6, 6.07) is 16.2. The van der Waals surface area contributed by atoms with E-state index in [9.17, 15) is 5.11 Å². The van der Waals surface area contributed by atoms with Crippen molar-refractivity contribution in [2.24, 2.45) is 0 Å². The highest BCUT2D eigenvalue weighted by molar-refractivity contribution is 5.57. The molecule has 0 fully saturated rings. The maximum atomic E-state index is 9.70. The van der Waals surface area contributed by atoms with Crippen molar-refractivity contribution in [3.8, 4) is 5.75 Å². The Labute approximate surface area is 126 Å². The predicted molar refractivity (Wildman–Crippen MR) is 86.8 cm³/mol. The molecule has 3 nitrogen and oxygen atoms in total. The van der Waals surface area contributed by atoms with Crippen LogP contribution in [0.4, 0.5) is 5.69 Å². The first-order valence-electron chi connectivity index (χ1n) is 7.65. The van der Waals surface area contributed by atoms with Crippen LogP contribution in [0.2, 0.25) is 0 Å². The lowest BCUT2D eigenvalue weighted by molar-refractivity contribution is 0.464. The second-order valence-electron chi connectivity index (χ2n) is 5.52. The van der Waals surface area contributed by atoms with Crippen molar-refractivity contribution in [1.29, 1.82) is 0 Å². The highest BCUT2D eigenvalue weighted by Gasteiger charge is 2.17. The van der Waals surface area contributed by atoms with Gasteiger partial charge in [-0.2, -0.15) is 0 Å². The minimum atomic E-state index is 0.374. The molecule has 0 aliphatic carbocycles. The largest absolute Gasteiger partial charge is 0.508 e. The van der Waals surface area contributed by atoms with Crippen LogP contribution in [-0.2, 0) is 13.0 Å². The first-order valence-corrected chi connectivity index (χ1v) is 7.65. The molecule has 0 radical (unpaired) electrons. The summed E-state index contributed by atoms with van der Waals surface area (Å²) in [5, 5.41) is 13.1. The number of phenols is 1. The minimum Gasteiger partial charge on any atom is -0.508 e. The van der Waals surface area contributed by atoms with Crippen LogP contribution < -0.4 is 10.2 Å². The molecule has 0 atom stereocenters. The summed E-state index contributed by atoms with van der Waals surface area (Å²) in [6.07, 6.45) is 2.28. The summed E-state index contributed by atoms with van der Waals surface area (Å²) in [6.45, 7) is 3.92. The fraction of sp³-hybridized carbons (Fsp3) is 0.333. The second kappa shape index (κ2) is 6.64. The maximum absolute atomic E-state index is 9.70. The van der Waals surface area contributed by atoms with E-state index >= 15 is 0 Å². The Balaban J connectivity index is 1.41. The second-order valence-corrected chi connectivity index (χ2v) is 5.52. The maximum Gasteiger partial charge on any atom is 0.120 e. The van der Waals surface area contributed by atoms with Crippen LogP contribution in [0, 0.1) is 0 Å². The van der Waals surface area contributed by atoms with Crippen LogP contribution in [-0.4, -0.2) is 24.7 Å². The lowest BCUT2D eigenvalue weighted by atomic mass is 10.2. The van der Waals surface area contributed by atoms with Gasteiger partial charge in [-0.1, -0.05) is 36.4 Å². The van der Waals surface area contributed by atoms with Gasteiger partial charge in [0.2, 0.25) is 0 Å². The smallest absolute Gasteiger partial charge is 0.120 e. The molecule has 0 unspecified atom stereocenters. The Morgan fingerprint density at radius 2 is 1.86 bits per heavy atom. The van der Waals surface area contributed by atoms with Gasteiger partial charge in [0.25, 0.3) is 0 Å². The molecule has 1 heterocycles. The van der Waals surface area contributed by atoms with Gasteiger partial charge in [0.15, 0.2) is 0 Å². The number of rotatable bonds is 6. The normalized spacial score (nSPS) is 13.4. The Morgan fingerprint density at radius 3 is 2.76 bits per heavy atom. The number of nitrogens with zero attached hydrogens (tertiary/aromatic N) is 1. The molecule has 2 aromatic rings. The molecule has 21 heavy (non-hydrogen) atoms. The molecule has 0 saturated heterocycles. The highest BCUT2D eigenvalue weighted by Crippen LogP contribution is 2.27. The number of nitrogens with one attached hydrogen (secondary N) is 1. The summed E-state index contributed by atoms with van der Waals surface area (Å²) in [7, 11) is 0. The zero-order valence-electron chi connectivity index (χ0n) is 12.3. The van der Waals surface area contributed by atoms with Gasteiger partial charge in [-0.3, -0.25) is 0 Å². The molecule has 2 aromatic carbocycles. The van der Waals surface area contributed by atoms with Gasteiger partial charge in [-0.25, -0.2) is 0 Å². The standard InChI is InChI=1S/C18H22N2O/c21-18-9-4-2-7-16(18)14-19-11-5-12-20-13-10-15-6-1-3-8-17(15)20/h1-4,6-9,19,21H,5,10-14H2. The molecule has 0 amide bonds. The van der Waals surface area contributed by atoms with Gasteiger partial charge in [0, 0.05) is 30.9 Å². The summed E-state index contributed by atoms with van der Waals surface area (Å²) in [5.74, 6) is 0.374. The zero-order valence-corrected chi connectivity index (χ0v) is 12.3. The monoisotopic (exact) mass is 282 g/mol. The molecule has 0 spiro atoms. The van der Waals surface area contributed by atoms with E-state index in [-0.39, 0.29) is 0 Å². The topological polar surface area (TPSA) is 35.5 Å². The Morgan fingerprint density at radius 1 is 1.05 bits per heavy atom. The van der Waals surface area contributed by atoms with Crippen molar-refractivity contribution in [2.45, 2.75) is 19.4 Å². The number of benzene rings is 2. The zero-order chi connectivity index (χ0) is 14.5. The molecular formula is C18H22N2O. The third kappa shape index (κ3) is 3.37. The summed E-state index contributed by atoms with van der Waals surface area (Å²) < 4.78 is 0. The van der Waals surface area contributed by atoms with Crippen LogP contribution in [0.25, 0.3) is 0 Å². The van der Waals surface area contributed by atoms with E-state index < -0.39 is 0 Å². The molecule has 2 N–H and O–H groups in total. The van der Waals surface area contributed by atoms with Gasteiger partial charge in [-0.05, 0) is 37.1 Å². The van der Waals surface area contributed by atoms with Gasteiger partial charge in [0.1, 0.15) is 5.75 Å². The van der Waals surface area contributed by atoms with E-state index in [0.29, 0.717) is 5.75 Å². The molecule has 0 saturated carbocycles. The Kier molecular flexibility index (Phi) is 4.41. The Hall–Kier alpha value is -2.00. The average Bonchev–Trinajstić information content (AvgIpc) is 2.92. The third-order valence-corrected chi connectivity index (χ3v) is 4.07. The molecule has 110 valence electrons. The average molecular weight is 282 g/mol. The SMILES string of the molecule is Oc1ccccc1CNCCCN1CCc2ccccc21. The first-order chi connectivity index (χ1) is 10.3. The molecular weight excluding hydrogens is 260 g/mol. The van der Waals surface area contributed by atoms with Crippen LogP contribution in [0.5, 0.6) is 5.75 Å². The molecule has 0 bridgehead atoms. The number of aromatic hydroxyl groups is 1. The van der Waals surface area contributed by atoms with Gasteiger partial charge < -0.3 is 15.3 Å². The van der Waals surface area contributed by atoms with E-state index in [1.54, 1.807) is 6.07 Å². The number of hydrogen-bond donors (Lipinski definition) is 2. The van der Waals surface area contributed by atoms with Crippen molar-refractivity contribution in [2.75, 3.05) is 24.5 Å². The number of hydrogen-bond acceptors (Lipinski definition) is 3. The van der Waals surface area contributed by atoms with E-state index in [0.717, 1.165) is 38.2 Å². The van der Waals surface area contributed by atoms with Crippen molar-refractivity contribution in [3.63, 3.8) is 0 Å². The third-order valence-electron chi connectivity index (χ3n) is 4.07. The van der Waals surface area contributed by atoms with Crippen molar-refractivity contribution >= 4 is 5.69 Å². The van der Waals surface area contributed by atoms with Crippen LogP contribution in [0.15, 0.2) is 48.5 Å². The molecule has 0 aromatic heterocycles. The number of para-hydroxylation sites is 2. The van der Waals surface area contributed by atoms with E-state index in [1.807, 2.05) is 18.2 Å². The Bertz CT molecular complexity index is 597. The number of phenolic OH excluding ortho intramolecular Hbond substituents is 1. The van der Waals surface area contributed by atoms with Gasteiger partial charge in [0.05, 0.1) is 0 Å². The van der Waals surface area contributed by atoms with E-state index in [4.69, 9.17) is 0 Å². The van der Waals surface area contributed by atoms with Gasteiger partial charge in [-0.15, -0.1) is 0 Å².